The molecule has 2 aromatic heterocycles. The van der Waals surface area contributed by atoms with Crippen LogP contribution in [-0.2, 0) is 0 Å². The van der Waals surface area contributed by atoms with Crippen LogP contribution in [0.15, 0.2) is 24.3 Å². The smallest absolute Gasteiger partial charge is 0.206 e. The molecule has 0 unspecified atom stereocenters. The highest BCUT2D eigenvalue weighted by Gasteiger charge is 2.30. The van der Waals surface area contributed by atoms with Crippen molar-refractivity contribution in [1.82, 2.24) is 19.8 Å². The van der Waals surface area contributed by atoms with Crippen molar-refractivity contribution in [1.29, 1.82) is 0 Å². The van der Waals surface area contributed by atoms with Gasteiger partial charge < -0.3 is 0 Å². The minimum Gasteiger partial charge on any atom is -0.206 e. The van der Waals surface area contributed by atoms with Crippen LogP contribution in [0.25, 0.3) is 15.5 Å². The lowest BCUT2D eigenvalue weighted by Gasteiger charge is -1.96. The van der Waals surface area contributed by atoms with E-state index in [1.54, 1.807) is 16.6 Å². The van der Waals surface area contributed by atoms with Crippen molar-refractivity contribution in [3.8, 4) is 10.6 Å². The second-order valence-corrected chi connectivity index (χ2v) is 5.37. The molecule has 0 saturated heterocycles. The van der Waals surface area contributed by atoms with Crippen LogP contribution in [0.5, 0.6) is 0 Å². The molecule has 0 spiro atoms. The summed E-state index contributed by atoms with van der Waals surface area (Å²) in [5.41, 5.74) is 0.523. The molecule has 1 aromatic carbocycles. The first-order valence-electron chi connectivity index (χ1n) is 5.80. The van der Waals surface area contributed by atoms with Gasteiger partial charge in [0.05, 0.1) is 0 Å². The van der Waals surface area contributed by atoms with Gasteiger partial charge in [-0.3, -0.25) is 0 Å². The third kappa shape index (κ3) is 1.45. The van der Waals surface area contributed by atoms with Crippen molar-refractivity contribution in [2.45, 2.75) is 18.8 Å². The molecule has 4 nitrogen and oxygen atoms in total. The first-order chi connectivity index (χ1) is 8.83. The van der Waals surface area contributed by atoms with Gasteiger partial charge in [-0.15, -0.1) is 10.2 Å². The molecular weight excluding hydrogens is 251 g/mol. The lowest BCUT2D eigenvalue weighted by atomic mass is 10.2. The largest absolute Gasteiger partial charge is 0.234 e. The Morgan fingerprint density at radius 1 is 1.22 bits per heavy atom. The predicted octanol–water partition coefficient (Wildman–Crippen LogP) is 2.87. The van der Waals surface area contributed by atoms with Crippen LogP contribution in [0.3, 0.4) is 0 Å². The number of halogens is 1. The Morgan fingerprint density at radius 2 is 2.06 bits per heavy atom. The Labute approximate surface area is 106 Å². The molecule has 18 heavy (non-hydrogen) atoms. The van der Waals surface area contributed by atoms with E-state index in [9.17, 15) is 4.39 Å². The zero-order chi connectivity index (χ0) is 12.1. The number of fused-ring (bicyclic) bond motifs is 1. The van der Waals surface area contributed by atoms with E-state index >= 15 is 0 Å². The highest BCUT2D eigenvalue weighted by molar-refractivity contribution is 7.19. The van der Waals surface area contributed by atoms with Crippen molar-refractivity contribution in [2.24, 2.45) is 0 Å². The molecule has 0 atom stereocenters. The molecule has 4 rings (SSSR count). The molecule has 3 aromatic rings. The van der Waals surface area contributed by atoms with Gasteiger partial charge in [-0.2, -0.15) is 9.61 Å². The fourth-order valence-electron chi connectivity index (χ4n) is 1.97. The van der Waals surface area contributed by atoms with Crippen LogP contribution in [-0.4, -0.2) is 19.8 Å². The zero-order valence-corrected chi connectivity index (χ0v) is 10.2. The second kappa shape index (κ2) is 3.58. The van der Waals surface area contributed by atoms with E-state index in [1.807, 2.05) is 6.07 Å². The van der Waals surface area contributed by atoms with Crippen molar-refractivity contribution in [3.05, 3.63) is 35.9 Å². The quantitative estimate of drug-likeness (QED) is 0.711. The summed E-state index contributed by atoms with van der Waals surface area (Å²) in [6.07, 6.45) is 2.29. The second-order valence-electron chi connectivity index (χ2n) is 4.41. The minimum absolute atomic E-state index is 0.254. The number of rotatable bonds is 2. The van der Waals surface area contributed by atoms with Crippen LogP contribution in [0.4, 0.5) is 4.39 Å². The van der Waals surface area contributed by atoms with Crippen molar-refractivity contribution in [3.63, 3.8) is 0 Å². The molecule has 1 fully saturated rings. The van der Waals surface area contributed by atoms with Crippen molar-refractivity contribution < 1.29 is 4.39 Å². The third-order valence-corrected chi connectivity index (χ3v) is 3.99. The molecule has 90 valence electrons. The summed E-state index contributed by atoms with van der Waals surface area (Å²) in [4.78, 5) is 0.732. The maximum atomic E-state index is 13.7. The highest BCUT2D eigenvalue weighted by Crippen LogP contribution is 2.39. The van der Waals surface area contributed by atoms with E-state index in [0.717, 1.165) is 23.6 Å². The molecule has 0 amide bonds. The number of nitrogens with zero attached hydrogens (tertiary/aromatic N) is 4. The Balaban J connectivity index is 1.89. The number of hydrogen-bond acceptors (Lipinski definition) is 4. The molecule has 0 radical (unpaired) electrons. The van der Waals surface area contributed by atoms with E-state index in [4.69, 9.17) is 0 Å². The van der Waals surface area contributed by atoms with Crippen LogP contribution in [0.2, 0.25) is 0 Å². The van der Waals surface area contributed by atoms with Gasteiger partial charge in [-0.25, -0.2) is 4.39 Å². The maximum Gasteiger partial charge on any atom is 0.234 e. The fraction of sp³-hybridized carbons (Fsp3) is 0.250. The van der Waals surface area contributed by atoms with Gasteiger partial charge in [-0.05, 0) is 25.0 Å². The molecule has 1 aliphatic rings. The molecule has 0 bridgehead atoms. The third-order valence-electron chi connectivity index (χ3n) is 3.06. The summed E-state index contributed by atoms with van der Waals surface area (Å²) in [5.74, 6) is 1.13. The molecule has 1 saturated carbocycles. The van der Waals surface area contributed by atoms with Gasteiger partial charge in [0.25, 0.3) is 0 Å². The monoisotopic (exact) mass is 260 g/mol. The van der Waals surface area contributed by atoms with Gasteiger partial charge in [0.2, 0.25) is 4.96 Å². The van der Waals surface area contributed by atoms with Crippen LogP contribution >= 0.6 is 11.3 Å². The lowest BCUT2D eigenvalue weighted by molar-refractivity contribution is 0.630. The summed E-state index contributed by atoms with van der Waals surface area (Å²) in [7, 11) is 0. The maximum absolute atomic E-state index is 13.7. The van der Waals surface area contributed by atoms with Crippen LogP contribution in [0, 0.1) is 5.82 Å². The van der Waals surface area contributed by atoms with Gasteiger partial charge >= 0.3 is 0 Å². The lowest BCUT2D eigenvalue weighted by Crippen LogP contribution is -1.93. The Bertz CT molecular complexity index is 729. The Morgan fingerprint density at radius 3 is 2.83 bits per heavy atom. The molecule has 0 aliphatic heterocycles. The van der Waals surface area contributed by atoms with Gasteiger partial charge in [0, 0.05) is 11.5 Å². The number of hydrogen-bond donors (Lipinski definition) is 0. The molecule has 1 aliphatic carbocycles. The molecule has 6 heteroatoms. The number of aromatic nitrogens is 4. The minimum atomic E-state index is -0.254. The van der Waals surface area contributed by atoms with Crippen LogP contribution < -0.4 is 0 Å². The van der Waals surface area contributed by atoms with Gasteiger partial charge in [0.15, 0.2) is 10.8 Å². The van der Waals surface area contributed by atoms with Gasteiger partial charge in [0.1, 0.15) is 5.82 Å². The van der Waals surface area contributed by atoms with E-state index in [1.165, 1.54) is 17.4 Å². The first-order valence-corrected chi connectivity index (χ1v) is 6.61. The predicted molar refractivity (Wildman–Crippen MR) is 66.0 cm³/mol. The number of benzene rings is 1. The SMILES string of the molecule is Fc1ccccc1-c1nn2c(C3CC3)nnc2s1. The van der Waals surface area contributed by atoms with E-state index < -0.39 is 0 Å². The molecule has 0 N–H and O–H groups in total. The normalized spacial score (nSPS) is 15.4. The summed E-state index contributed by atoms with van der Waals surface area (Å²) in [5, 5.41) is 13.3. The Kier molecular flexibility index (Phi) is 2.02. The summed E-state index contributed by atoms with van der Waals surface area (Å²) in [6.45, 7) is 0. The first kappa shape index (κ1) is 10.1. The molecule has 2 heterocycles. The van der Waals surface area contributed by atoms with E-state index in [0.29, 0.717) is 16.5 Å². The van der Waals surface area contributed by atoms with E-state index in [2.05, 4.69) is 15.3 Å². The summed E-state index contributed by atoms with van der Waals surface area (Å²) < 4.78 is 15.5. The standard InChI is InChI=1S/C12H9FN4S/c13-9-4-2-1-3-8(9)11-16-17-10(7-5-6-7)14-15-12(17)18-11/h1-4,7H,5-6H2. The Hall–Kier alpha value is -1.82. The van der Waals surface area contributed by atoms with E-state index in [-0.39, 0.29) is 5.82 Å². The van der Waals surface area contributed by atoms with Gasteiger partial charge in [-0.1, -0.05) is 23.5 Å². The highest BCUT2D eigenvalue weighted by atomic mass is 32.1. The van der Waals surface area contributed by atoms with Crippen LogP contribution in [0.1, 0.15) is 24.6 Å². The summed E-state index contributed by atoms with van der Waals surface area (Å²) in [6, 6.07) is 6.66. The fourth-order valence-corrected chi connectivity index (χ4v) is 2.85. The summed E-state index contributed by atoms with van der Waals surface area (Å²) >= 11 is 1.37. The molecular formula is C12H9FN4S. The average Bonchev–Trinajstić information content (AvgIpc) is 3.00. The zero-order valence-electron chi connectivity index (χ0n) is 9.38. The average molecular weight is 260 g/mol. The van der Waals surface area contributed by atoms with Crippen molar-refractivity contribution >= 4 is 16.3 Å². The van der Waals surface area contributed by atoms with Crippen molar-refractivity contribution in [2.75, 3.05) is 0 Å². The topological polar surface area (TPSA) is 43.1 Å².